The third kappa shape index (κ3) is 4.01. The van der Waals surface area contributed by atoms with Crippen LogP contribution in [0, 0.1) is 0 Å². The minimum Gasteiger partial charge on any atom is -0.308 e. The topological polar surface area (TPSA) is 46.0 Å². The van der Waals surface area contributed by atoms with Gasteiger partial charge in [0, 0.05) is 31.4 Å². The first-order valence-electron chi connectivity index (χ1n) is 7.71. The van der Waals surface area contributed by atoms with E-state index in [1.165, 1.54) is 38.6 Å². The van der Waals surface area contributed by atoms with E-state index in [4.69, 9.17) is 0 Å². The molecule has 1 aromatic rings. The van der Waals surface area contributed by atoms with Gasteiger partial charge in [-0.1, -0.05) is 12.1 Å². The van der Waals surface area contributed by atoms with Crippen molar-refractivity contribution in [2.24, 2.45) is 0 Å². The van der Waals surface area contributed by atoms with Gasteiger partial charge in [0.15, 0.2) is 0 Å². The predicted molar refractivity (Wildman–Crippen MR) is 74.8 cm³/mol. The van der Waals surface area contributed by atoms with Gasteiger partial charge in [-0.25, -0.2) is 0 Å². The van der Waals surface area contributed by atoms with Gasteiger partial charge in [0.05, 0.1) is 12.2 Å². The number of hydrogen-bond donors (Lipinski definition) is 1. The summed E-state index contributed by atoms with van der Waals surface area (Å²) in [7, 11) is 0. The number of nitrogens with one attached hydrogen (secondary N) is 1. The first kappa shape index (κ1) is 13.1. The summed E-state index contributed by atoms with van der Waals surface area (Å²) >= 11 is 0. The van der Waals surface area contributed by atoms with Crippen molar-refractivity contribution in [1.29, 1.82) is 0 Å². The van der Waals surface area contributed by atoms with Crippen LogP contribution in [-0.2, 0) is 13.1 Å². The highest BCUT2D eigenvalue weighted by Crippen LogP contribution is 2.26. The maximum Gasteiger partial charge on any atom is 0.0964 e. The molecule has 3 rings (SSSR count). The molecule has 5 nitrogen and oxygen atoms in total. The number of rotatable bonds is 9. The van der Waals surface area contributed by atoms with Crippen LogP contribution in [0.25, 0.3) is 0 Å². The molecule has 1 N–H and O–H groups in total. The molecule has 2 aliphatic carbocycles. The SMILES string of the molecule is CCCN(CCn1cc(CNC2CC2)nn1)C1CC1. The van der Waals surface area contributed by atoms with Crippen LogP contribution in [0.1, 0.15) is 44.7 Å². The van der Waals surface area contributed by atoms with Crippen LogP contribution in [-0.4, -0.2) is 45.1 Å². The Morgan fingerprint density at radius 3 is 2.84 bits per heavy atom. The molecule has 0 atom stereocenters. The van der Waals surface area contributed by atoms with Gasteiger partial charge in [0.2, 0.25) is 0 Å². The second kappa shape index (κ2) is 6.01. The Kier molecular flexibility index (Phi) is 4.13. The molecule has 2 saturated carbocycles. The molecular weight excluding hydrogens is 238 g/mol. The van der Waals surface area contributed by atoms with Gasteiger partial charge in [-0.05, 0) is 38.6 Å². The van der Waals surface area contributed by atoms with Crippen molar-refractivity contribution in [1.82, 2.24) is 25.2 Å². The highest BCUT2D eigenvalue weighted by Gasteiger charge is 2.27. The van der Waals surface area contributed by atoms with Gasteiger partial charge in [-0.2, -0.15) is 0 Å². The normalized spacial score (nSPS) is 19.3. The van der Waals surface area contributed by atoms with E-state index in [0.29, 0.717) is 0 Å². The van der Waals surface area contributed by atoms with E-state index in [1.54, 1.807) is 0 Å². The summed E-state index contributed by atoms with van der Waals surface area (Å²) in [5.41, 5.74) is 1.07. The minimum absolute atomic E-state index is 0.736. The third-order valence-electron chi connectivity index (χ3n) is 3.93. The lowest BCUT2D eigenvalue weighted by Crippen LogP contribution is -2.30. The first-order valence-corrected chi connectivity index (χ1v) is 7.71. The van der Waals surface area contributed by atoms with Crippen LogP contribution in [0.2, 0.25) is 0 Å². The Balaban J connectivity index is 1.43. The molecule has 0 saturated heterocycles. The largest absolute Gasteiger partial charge is 0.308 e. The zero-order valence-corrected chi connectivity index (χ0v) is 11.9. The van der Waals surface area contributed by atoms with Crippen LogP contribution >= 0.6 is 0 Å². The number of hydrogen-bond acceptors (Lipinski definition) is 4. The van der Waals surface area contributed by atoms with Gasteiger partial charge >= 0.3 is 0 Å². The molecule has 0 aromatic carbocycles. The van der Waals surface area contributed by atoms with Gasteiger partial charge in [0.25, 0.3) is 0 Å². The van der Waals surface area contributed by atoms with E-state index in [2.05, 4.69) is 33.6 Å². The molecule has 1 heterocycles. The monoisotopic (exact) mass is 263 g/mol. The lowest BCUT2D eigenvalue weighted by molar-refractivity contribution is 0.248. The van der Waals surface area contributed by atoms with E-state index in [1.807, 2.05) is 4.68 Å². The number of nitrogens with zero attached hydrogens (tertiary/aromatic N) is 4. The van der Waals surface area contributed by atoms with Crippen LogP contribution < -0.4 is 5.32 Å². The smallest absolute Gasteiger partial charge is 0.0964 e. The van der Waals surface area contributed by atoms with E-state index in [0.717, 1.165) is 37.4 Å². The molecule has 1 aromatic heterocycles. The zero-order valence-electron chi connectivity index (χ0n) is 11.9. The van der Waals surface area contributed by atoms with Crippen LogP contribution in [0.15, 0.2) is 6.20 Å². The second-order valence-corrected chi connectivity index (χ2v) is 5.90. The van der Waals surface area contributed by atoms with Crippen molar-refractivity contribution in [3.8, 4) is 0 Å². The Labute approximate surface area is 115 Å². The summed E-state index contributed by atoms with van der Waals surface area (Å²) < 4.78 is 1.99. The molecule has 0 aliphatic heterocycles. The molecule has 0 bridgehead atoms. The fourth-order valence-electron chi connectivity index (χ4n) is 2.50. The fourth-order valence-corrected chi connectivity index (χ4v) is 2.50. The molecular formula is C14H25N5. The Bertz CT molecular complexity index is 394. The highest BCUT2D eigenvalue weighted by molar-refractivity contribution is 4.94. The van der Waals surface area contributed by atoms with Crippen LogP contribution in [0.4, 0.5) is 0 Å². The molecule has 0 spiro atoms. The standard InChI is InChI=1S/C14H25N5/c1-2-7-18(14-5-6-14)8-9-19-11-13(16-17-19)10-15-12-3-4-12/h11-12,14-15H,2-10H2,1H3. The van der Waals surface area contributed by atoms with E-state index < -0.39 is 0 Å². The zero-order chi connectivity index (χ0) is 13.1. The Hall–Kier alpha value is -0.940. The van der Waals surface area contributed by atoms with Crippen molar-refractivity contribution in [2.75, 3.05) is 13.1 Å². The third-order valence-corrected chi connectivity index (χ3v) is 3.93. The average molecular weight is 263 g/mol. The summed E-state index contributed by atoms with van der Waals surface area (Å²) in [5, 5.41) is 11.9. The molecule has 19 heavy (non-hydrogen) atoms. The molecule has 106 valence electrons. The highest BCUT2D eigenvalue weighted by atomic mass is 15.4. The maximum absolute atomic E-state index is 4.23. The quantitative estimate of drug-likeness (QED) is 0.731. The summed E-state index contributed by atoms with van der Waals surface area (Å²) in [4.78, 5) is 2.60. The van der Waals surface area contributed by atoms with Gasteiger partial charge < -0.3 is 5.32 Å². The Morgan fingerprint density at radius 1 is 1.32 bits per heavy atom. The summed E-state index contributed by atoms with van der Waals surface area (Å²) in [6.07, 6.45) is 8.74. The van der Waals surface area contributed by atoms with E-state index >= 15 is 0 Å². The number of aromatic nitrogens is 3. The molecule has 2 fully saturated rings. The van der Waals surface area contributed by atoms with E-state index in [-0.39, 0.29) is 0 Å². The predicted octanol–water partition coefficient (Wildman–Crippen LogP) is 1.40. The van der Waals surface area contributed by atoms with Gasteiger partial charge in [0.1, 0.15) is 0 Å². The lowest BCUT2D eigenvalue weighted by Gasteiger charge is -2.20. The fraction of sp³-hybridized carbons (Fsp3) is 0.857. The Morgan fingerprint density at radius 2 is 2.16 bits per heavy atom. The van der Waals surface area contributed by atoms with Crippen molar-refractivity contribution < 1.29 is 0 Å². The van der Waals surface area contributed by atoms with Crippen molar-refractivity contribution >= 4 is 0 Å². The van der Waals surface area contributed by atoms with Crippen LogP contribution in [0.5, 0.6) is 0 Å². The van der Waals surface area contributed by atoms with E-state index in [9.17, 15) is 0 Å². The summed E-state index contributed by atoms with van der Waals surface area (Å²) in [6.45, 7) is 6.41. The molecule has 0 radical (unpaired) electrons. The molecule has 0 amide bonds. The van der Waals surface area contributed by atoms with Crippen molar-refractivity contribution in [2.45, 2.75) is 64.2 Å². The first-order chi connectivity index (χ1) is 9.35. The summed E-state index contributed by atoms with van der Waals surface area (Å²) in [6, 6.07) is 1.58. The second-order valence-electron chi connectivity index (χ2n) is 5.90. The molecule has 2 aliphatic rings. The van der Waals surface area contributed by atoms with Gasteiger partial charge in [-0.15, -0.1) is 5.10 Å². The van der Waals surface area contributed by atoms with Gasteiger partial charge in [-0.3, -0.25) is 9.58 Å². The van der Waals surface area contributed by atoms with Crippen molar-refractivity contribution in [3.63, 3.8) is 0 Å². The lowest BCUT2D eigenvalue weighted by atomic mass is 10.4. The maximum atomic E-state index is 4.23. The average Bonchev–Trinajstić information content (AvgIpc) is 3.32. The minimum atomic E-state index is 0.736. The molecule has 5 heteroatoms. The molecule has 0 unspecified atom stereocenters. The van der Waals surface area contributed by atoms with Crippen molar-refractivity contribution in [3.05, 3.63) is 11.9 Å². The van der Waals surface area contributed by atoms with Crippen LogP contribution in [0.3, 0.4) is 0 Å². The summed E-state index contributed by atoms with van der Waals surface area (Å²) in [5.74, 6) is 0.